The largest absolute Gasteiger partial charge is 0.378 e. The van der Waals surface area contributed by atoms with E-state index >= 15 is 0 Å². The van der Waals surface area contributed by atoms with Crippen molar-refractivity contribution in [3.05, 3.63) is 52.2 Å². The minimum absolute atomic E-state index is 0.0278. The molecule has 0 saturated carbocycles. The van der Waals surface area contributed by atoms with Crippen LogP contribution in [0.5, 0.6) is 0 Å². The first-order chi connectivity index (χ1) is 9.20. The highest BCUT2D eigenvalue weighted by Gasteiger charge is 2.07. The second kappa shape index (κ2) is 6.38. The first-order valence-corrected chi connectivity index (χ1v) is 7.32. The molecule has 4 heteroatoms. The molecule has 0 aliphatic rings. The Morgan fingerprint density at radius 2 is 2.00 bits per heavy atom. The zero-order chi connectivity index (χ0) is 13.7. The summed E-state index contributed by atoms with van der Waals surface area (Å²) in [5, 5.41) is 10.4. The van der Waals surface area contributed by atoms with E-state index in [1.165, 1.54) is 5.56 Å². The molecule has 2 rings (SSSR count). The Bertz CT molecular complexity index is 520. The summed E-state index contributed by atoms with van der Waals surface area (Å²) in [5.74, 6) is -0.0278. The van der Waals surface area contributed by atoms with Gasteiger partial charge in [0.1, 0.15) is 0 Å². The number of nitrogens with one attached hydrogen (secondary N) is 2. The van der Waals surface area contributed by atoms with Crippen LogP contribution in [-0.2, 0) is 0 Å². The lowest BCUT2D eigenvalue weighted by molar-refractivity contribution is 0.0956. The van der Waals surface area contributed by atoms with Crippen molar-refractivity contribution in [2.45, 2.75) is 19.9 Å². The van der Waals surface area contributed by atoms with E-state index in [9.17, 15) is 4.79 Å². The number of carbonyl (C=O) groups is 1. The Morgan fingerprint density at radius 3 is 2.58 bits per heavy atom. The van der Waals surface area contributed by atoms with Crippen molar-refractivity contribution in [1.29, 1.82) is 0 Å². The summed E-state index contributed by atoms with van der Waals surface area (Å²) < 4.78 is 0. The molecule has 2 aromatic rings. The first-order valence-electron chi connectivity index (χ1n) is 6.37. The van der Waals surface area contributed by atoms with Crippen LogP contribution in [-0.4, -0.2) is 12.5 Å². The number of rotatable bonds is 5. The van der Waals surface area contributed by atoms with Gasteiger partial charge in [-0.25, -0.2) is 0 Å². The van der Waals surface area contributed by atoms with E-state index in [1.54, 1.807) is 11.3 Å². The number of amides is 1. The molecule has 19 heavy (non-hydrogen) atoms. The maximum absolute atomic E-state index is 11.6. The Morgan fingerprint density at radius 1 is 1.26 bits per heavy atom. The zero-order valence-corrected chi connectivity index (χ0v) is 12.0. The number of hydrogen-bond donors (Lipinski definition) is 2. The molecule has 1 heterocycles. The van der Waals surface area contributed by atoms with Crippen LogP contribution < -0.4 is 10.6 Å². The second-order valence-corrected chi connectivity index (χ2v) is 5.14. The van der Waals surface area contributed by atoms with Crippen LogP contribution in [0.15, 0.2) is 41.1 Å². The van der Waals surface area contributed by atoms with Gasteiger partial charge in [-0.3, -0.25) is 4.79 Å². The van der Waals surface area contributed by atoms with Crippen molar-refractivity contribution in [2.75, 3.05) is 11.9 Å². The number of anilines is 1. The minimum atomic E-state index is -0.0278. The normalized spacial score (nSPS) is 11.9. The van der Waals surface area contributed by atoms with Gasteiger partial charge in [-0.2, -0.15) is 11.3 Å². The molecule has 0 fully saturated rings. The van der Waals surface area contributed by atoms with Crippen LogP contribution >= 0.6 is 11.3 Å². The molecule has 1 amide bonds. The predicted octanol–water partition coefficient (Wildman–Crippen LogP) is 3.67. The predicted molar refractivity (Wildman–Crippen MR) is 80.8 cm³/mol. The summed E-state index contributed by atoms with van der Waals surface area (Å²) in [6.45, 7) is 4.68. The molecule has 1 aromatic carbocycles. The summed E-state index contributed by atoms with van der Waals surface area (Å²) in [6.07, 6.45) is 0. The van der Waals surface area contributed by atoms with Gasteiger partial charge in [-0.15, -0.1) is 0 Å². The molecule has 100 valence electrons. The monoisotopic (exact) mass is 274 g/mol. The van der Waals surface area contributed by atoms with Crippen molar-refractivity contribution in [2.24, 2.45) is 0 Å². The molecule has 0 radical (unpaired) electrons. The second-order valence-electron chi connectivity index (χ2n) is 4.36. The summed E-state index contributed by atoms with van der Waals surface area (Å²) in [4.78, 5) is 11.6. The van der Waals surface area contributed by atoms with Gasteiger partial charge in [0.05, 0.1) is 0 Å². The van der Waals surface area contributed by atoms with E-state index in [2.05, 4.69) is 34.4 Å². The summed E-state index contributed by atoms with van der Waals surface area (Å²) in [6, 6.07) is 9.94. The van der Waals surface area contributed by atoms with Gasteiger partial charge < -0.3 is 10.6 Å². The summed E-state index contributed by atoms with van der Waals surface area (Å²) in [5.41, 5.74) is 2.99. The smallest absolute Gasteiger partial charge is 0.251 e. The fraction of sp³-hybridized carbons (Fsp3) is 0.267. The zero-order valence-electron chi connectivity index (χ0n) is 11.1. The Labute approximate surface area is 117 Å². The molecule has 0 aliphatic carbocycles. The lowest BCUT2D eigenvalue weighted by Gasteiger charge is -2.14. The van der Waals surface area contributed by atoms with Crippen molar-refractivity contribution in [1.82, 2.24) is 5.32 Å². The standard InChI is InChI=1S/C15H18N2OS/c1-3-16-15(18)12-4-6-14(7-5-12)17-11(2)13-8-9-19-10-13/h4-11,17H,3H2,1-2H3,(H,16,18). The molecule has 1 atom stereocenters. The minimum Gasteiger partial charge on any atom is -0.378 e. The molecule has 3 nitrogen and oxygen atoms in total. The van der Waals surface area contributed by atoms with Gasteiger partial charge in [0.25, 0.3) is 5.91 Å². The van der Waals surface area contributed by atoms with Gasteiger partial charge >= 0.3 is 0 Å². The Hall–Kier alpha value is -1.81. The molecule has 0 bridgehead atoms. The Balaban J connectivity index is 2.01. The molecule has 1 aromatic heterocycles. The third-order valence-corrected chi connectivity index (χ3v) is 3.61. The average molecular weight is 274 g/mol. The molecule has 0 saturated heterocycles. The molecular weight excluding hydrogens is 256 g/mol. The van der Waals surface area contributed by atoms with E-state index < -0.39 is 0 Å². The van der Waals surface area contributed by atoms with Crippen molar-refractivity contribution in [3.63, 3.8) is 0 Å². The first kappa shape index (κ1) is 13.6. The fourth-order valence-corrected chi connectivity index (χ4v) is 2.59. The Kier molecular flexibility index (Phi) is 4.58. The number of benzene rings is 1. The van der Waals surface area contributed by atoms with Crippen LogP contribution in [0.2, 0.25) is 0 Å². The van der Waals surface area contributed by atoms with Gasteiger partial charge in [0, 0.05) is 23.8 Å². The molecule has 0 spiro atoms. The van der Waals surface area contributed by atoms with Crippen LogP contribution in [0.4, 0.5) is 5.69 Å². The quantitative estimate of drug-likeness (QED) is 0.873. The van der Waals surface area contributed by atoms with E-state index in [0.29, 0.717) is 12.1 Å². The van der Waals surface area contributed by atoms with E-state index in [0.717, 1.165) is 5.69 Å². The van der Waals surface area contributed by atoms with Gasteiger partial charge in [0.2, 0.25) is 0 Å². The SMILES string of the molecule is CCNC(=O)c1ccc(NC(C)c2ccsc2)cc1. The number of carbonyl (C=O) groups excluding carboxylic acids is 1. The molecule has 2 N–H and O–H groups in total. The van der Waals surface area contributed by atoms with Crippen LogP contribution in [0.1, 0.15) is 35.8 Å². The summed E-state index contributed by atoms with van der Waals surface area (Å²) >= 11 is 1.70. The maximum atomic E-state index is 11.6. The maximum Gasteiger partial charge on any atom is 0.251 e. The number of hydrogen-bond acceptors (Lipinski definition) is 3. The third-order valence-electron chi connectivity index (χ3n) is 2.91. The molecule has 0 aliphatic heterocycles. The average Bonchev–Trinajstić information content (AvgIpc) is 2.94. The van der Waals surface area contributed by atoms with Crippen molar-refractivity contribution in [3.8, 4) is 0 Å². The van der Waals surface area contributed by atoms with E-state index in [4.69, 9.17) is 0 Å². The van der Waals surface area contributed by atoms with Crippen LogP contribution in [0.25, 0.3) is 0 Å². The van der Waals surface area contributed by atoms with E-state index in [-0.39, 0.29) is 11.9 Å². The highest BCUT2D eigenvalue weighted by molar-refractivity contribution is 7.07. The molecular formula is C15H18N2OS. The van der Waals surface area contributed by atoms with Crippen LogP contribution in [0, 0.1) is 0 Å². The third kappa shape index (κ3) is 3.58. The topological polar surface area (TPSA) is 41.1 Å². The van der Waals surface area contributed by atoms with Gasteiger partial charge in [0.15, 0.2) is 0 Å². The lowest BCUT2D eigenvalue weighted by atomic mass is 10.1. The highest BCUT2D eigenvalue weighted by atomic mass is 32.1. The molecule has 1 unspecified atom stereocenters. The van der Waals surface area contributed by atoms with Gasteiger partial charge in [-0.1, -0.05) is 0 Å². The van der Waals surface area contributed by atoms with Crippen molar-refractivity contribution >= 4 is 22.9 Å². The fourth-order valence-electron chi connectivity index (χ4n) is 1.84. The van der Waals surface area contributed by atoms with Crippen LogP contribution in [0.3, 0.4) is 0 Å². The summed E-state index contributed by atoms with van der Waals surface area (Å²) in [7, 11) is 0. The lowest BCUT2D eigenvalue weighted by Crippen LogP contribution is -2.22. The van der Waals surface area contributed by atoms with Crippen molar-refractivity contribution < 1.29 is 4.79 Å². The highest BCUT2D eigenvalue weighted by Crippen LogP contribution is 2.21. The van der Waals surface area contributed by atoms with Gasteiger partial charge in [-0.05, 0) is 60.5 Å². The van der Waals surface area contributed by atoms with E-state index in [1.807, 2.05) is 31.2 Å². The number of thiophene rings is 1.